The summed E-state index contributed by atoms with van der Waals surface area (Å²) in [6.07, 6.45) is -2.62. The minimum Gasteiger partial charge on any atom is -0.489 e. The highest BCUT2D eigenvalue weighted by molar-refractivity contribution is 5.94. The van der Waals surface area contributed by atoms with Crippen LogP contribution in [0.15, 0.2) is 23.0 Å². The summed E-state index contributed by atoms with van der Waals surface area (Å²) in [6, 6.07) is 4.07. The van der Waals surface area contributed by atoms with Crippen molar-refractivity contribution in [3.8, 4) is 5.75 Å². The maximum atomic E-state index is 13.3. The van der Waals surface area contributed by atoms with Crippen LogP contribution in [0.5, 0.6) is 5.75 Å². The third-order valence-corrected chi connectivity index (χ3v) is 4.35. The quantitative estimate of drug-likeness (QED) is 0.814. The lowest BCUT2D eigenvalue weighted by atomic mass is 10.0. The predicted molar refractivity (Wildman–Crippen MR) is 75.4 cm³/mol. The number of alkyl halides is 3. The fourth-order valence-corrected chi connectivity index (χ4v) is 3.42. The van der Waals surface area contributed by atoms with Crippen molar-refractivity contribution >= 4 is 16.6 Å². The summed E-state index contributed by atoms with van der Waals surface area (Å²) in [5, 5.41) is -0.0602. The van der Waals surface area contributed by atoms with Crippen LogP contribution in [0.4, 0.5) is 18.9 Å². The van der Waals surface area contributed by atoms with Gasteiger partial charge in [0.25, 0.3) is 0 Å². The lowest BCUT2D eigenvalue weighted by molar-refractivity contribution is -0.136. The van der Waals surface area contributed by atoms with E-state index in [1.54, 1.807) is 6.07 Å². The number of pyridine rings is 1. The fraction of sp³-hybridized carbons (Fsp3) is 0.400. The number of aromatic amines is 1. The van der Waals surface area contributed by atoms with Gasteiger partial charge in [0.1, 0.15) is 6.61 Å². The number of H-pyrrole nitrogens is 1. The van der Waals surface area contributed by atoms with Gasteiger partial charge in [-0.15, -0.1) is 0 Å². The van der Waals surface area contributed by atoms with Crippen LogP contribution in [0.25, 0.3) is 10.9 Å². The van der Waals surface area contributed by atoms with Gasteiger partial charge in [0.15, 0.2) is 5.75 Å². The van der Waals surface area contributed by atoms with Gasteiger partial charge in [-0.05, 0) is 25.0 Å². The Balaban J connectivity index is 2.05. The van der Waals surface area contributed by atoms with E-state index >= 15 is 0 Å². The Hall–Kier alpha value is -2.18. The second kappa shape index (κ2) is 4.41. The molecule has 1 atom stereocenters. The van der Waals surface area contributed by atoms with Crippen LogP contribution in [0.3, 0.4) is 0 Å². The van der Waals surface area contributed by atoms with E-state index in [-0.39, 0.29) is 22.7 Å². The average molecular weight is 310 g/mol. The Bertz CT molecular complexity index is 813. The Labute approximate surface area is 123 Å². The molecule has 0 bridgehead atoms. The Kier molecular flexibility index (Phi) is 2.70. The van der Waals surface area contributed by atoms with Crippen LogP contribution < -0.4 is 15.2 Å². The number of benzene rings is 1. The fourth-order valence-electron chi connectivity index (χ4n) is 3.42. The highest BCUT2D eigenvalue weighted by Crippen LogP contribution is 2.46. The number of anilines is 1. The summed E-state index contributed by atoms with van der Waals surface area (Å²) in [5.74, 6) is 0.222. The van der Waals surface area contributed by atoms with Crippen LogP contribution in [0.1, 0.15) is 18.4 Å². The zero-order valence-corrected chi connectivity index (χ0v) is 11.5. The number of rotatable bonds is 0. The van der Waals surface area contributed by atoms with Crippen LogP contribution in [0, 0.1) is 0 Å². The molecule has 1 aromatic heterocycles. The molecule has 0 spiro atoms. The number of aromatic nitrogens is 1. The first-order valence-electron chi connectivity index (χ1n) is 7.12. The summed E-state index contributed by atoms with van der Waals surface area (Å²) in [5.41, 5.74) is -0.884. The van der Waals surface area contributed by atoms with Gasteiger partial charge in [-0.25, -0.2) is 0 Å². The molecule has 7 heteroatoms. The highest BCUT2D eigenvalue weighted by Gasteiger charge is 2.38. The molecule has 1 unspecified atom stereocenters. The van der Waals surface area contributed by atoms with Crippen LogP contribution >= 0.6 is 0 Å². The Morgan fingerprint density at radius 1 is 1.32 bits per heavy atom. The highest BCUT2D eigenvalue weighted by atomic mass is 19.4. The van der Waals surface area contributed by atoms with Gasteiger partial charge in [-0.2, -0.15) is 13.2 Å². The van der Waals surface area contributed by atoms with Gasteiger partial charge >= 0.3 is 6.18 Å². The molecule has 3 heterocycles. The minimum atomic E-state index is -4.60. The van der Waals surface area contributed by atoms with Crippen LogP contribution in [-0.4, -0.2) is 24.2 Å². The Morgan fingerprint density at radius 3 is 2.91 bits per heavy atom. The van der Waals surface area contributed by atoms with Crippen molar-refractivity contribution in [2.75, 3.05) is 18.1 Å². The van der Waals surface area contributed by atoms with E-state index in [2.05, 4.69) is 9.88 Å². The molecule has 0 saturated carbocycles. The van der Waals surface area contributed by atoms with E-state index in [4.69, 9.17) is 4.74 Å². The molecule has 22 heavy (non-hydrogen) atoms. The lowest BCUT2D eigenvalue weighted by Gasteiger charge is -2.34. The number of nitrogens with zero attached hydrogens (tertiary/aromatic N) is 1. The van der Waals surface area contributed by atoms with Gasteiger partial charge in [0.2, 0.25) is 5.56 Å². The molecule has 1 saturated heterocycles. The van der Waals surface area contributed by atoms with Gasteiger partial charge in [0, 0.05) is 12.6 Å². The second-order valence-electron chi connectivity index (χ2n) is 5.68. The monoisotopic (exact) mass is 310 g/mol. The number of hydrogen-bond acceptors (Lipinski definition) is 3. The van der Waals surface area contributed by atoms with Crippen molar-refractivity contribution in [2.24, 2.45) is 0 Å². The van der Waals surface area contributed by atoms with Crippen molar-refractivity contribution in [3.63, 3.8) is 0 Å². The molecule has 116 valence electrons. The predicted octanol–water partition coefficient (Wildman–Crippen LogP) is 2.91. The summed E-state index contributed by atoms with van der Waals surface area (Å²) in [6.45, 7) is 1.19. The van der Waals surface area contributed by atoms with Crippen molar-refractivity contribution in [2.45, 2.75) is 25.1 Å². The number of nitrogens with one attached hydrogen (secondary N) is 1. The van der Waals surface area contributed by atoms with Gasteiger partial charge in [-0.3, -0.25) is 4.79 Å². The molecular formula is C15H13F3N2O2. The largest absolute Gasteiger partial charge is 0.489 e. The summed E-state index contributed by atoms with van der Waals surface area (Å²) in [7, 11) is 0. The molecule has 2 aromatic rings. The third kappa shape index (κ3) is 1.88. The zero-order valence-electron chi connectivity index (χ0n) is 11.5. The summed E-state index contributed by atoms with van der Waals surface area (Å²) in [4.78, 5) is 16.1. The number of halogens is 3. The topological polar surface area (TPSA) is 45.3 Å². The van der Waals surface area contributed by atoms with Gasteiger partial charge < -0.3 is 14.6 Å². The second-order valence-corrected chi connectivity index (χ2v) is 5.68. The maximum Gasteiger partial charge on any atom is 0.417 e. The standard InChI is InChI=1S/C15H13F3N2O2/c16-15(17,18)9-6-12(21)19-10-3-4-11-14(13(9)10)22-7-8-2-1-5-20(8)11/h3-4,6,8H,1-2,5,7H2,(H,19,21). The number of fused-ring (bicyclic) bond motifs is 5. The van der Waals surface area contributed by atoms with Crippen molar-refractivity contribution < 1.29 is 17.9 Å². The van der Waals surface area contributed by atoms with Crippen molar-refractivity contribution in [1.29, 1.82) is 0 Å². The van der Waals surface area contributed by atoms with Crippen molar-refractivity contribution in [3.05, 3.63) is 34.1 Å². The van der Waals surface area contributed by atoms with Crippen LogP contribution in [0.2, 0.25) is 0 Å². The lowest BCUT2D eigenvalue weighted by Crippen LogP contribution is -2.38. The van der Waals surface area contributed by atoms with E-state index in [9.17, 15) is 18.0 Å². The van der Waals surface area contributed by atoms with Crippen molar-refractivity contribution in [1.82, 2.24) is 4.98 Å². The van der Waals surface area contributed by atoms with Crippen LogP contribution in [-0.2, 0) is 6.18 Å². The third-order valence-electron chi connectivity index (χ3n) is 4.35. The number of hydrogen-bond donors (Lipinski definition) is 1. The average Bonchev–Trinajstić information content (AvgIpc) is 2.93. The minimum absolute atomic E-state index is 0.0602. The first-order chi connectivity index (χ1) is 10.4. The molecule has 1 aromatic carbocycles. The molecule has 0 amide bonds. The van der Waals surface area contributed by atoms with E-state index < -0.39 is 17.3 Å². The van der Waals surface area contributed by atoms with E-state index in [1.807, 2.05) is 0 Å². The van der Waals surface area contributed by atoms with E-state index in [1.165, 1.54) is 6.07 Å². The first kappa shape index (κ1) is 13.5. The zero-order chi connectivity index (χ0) is 15.5. The SMILES string of the molecule is O=c1cc(C(F)(F)F)c2c3c(ccc2[nH]1)N1CCCC1CO3. The summed E-state index contributed by atoms with van der Waals surface area (Å²) >= 11 is 0. The normalized spacial score (nSPS) is 20.7. The molecule has 0 radical (unpaired) electrons. The molecule has 2 aliphatic heterocycles. The first-order valence-corrected chi connectivity index (χ1v) is 7.12. The number of ether oxygens (including phenoxy) is 1. The smallest absolute Gasteiger partial charge is 0.417 e. The summed E-state index contributed by atoms with van der Waals surface area (Å²) < 4.78 is 45.6. The molecule has 1 N–H and O–H groups in total. The van der Waals surface area contributed by atoms with Gasteiger partial charge in [0.05, 0.1) is 28.2 Å². The maximum absolute atomic E-state index is 13.3. The molecule has 1 fully saturated rings. The molecule has 0 aliphatic carbocycles. The van der Waals surface area contributed by atoms with E-state index in [0.29, 0.717) is 18.4 Å². The van der Waals surface area contributed by atoms with E-state index in [0.717, 1.165) is 19.4 Å². The molecule has 4 rings (SSSR count). The molecule has 4 nitrogen and oxygen atoms in total. The Morgan fingerprint density at radius 2 is 2.14 bits per heavy atom. The molecular weight excluding hydrogens is 297 g/mol. The molecule has 2 aliphatic rings. The van der Waals surface area contributed by atoms with Gasteiger partial charge in [-0.1, -0.05) is 0 Å².